The van der Waals surface area contributed by atoms with Gasteiger partial charge in [-0.3, -0.25) is 9.00 Å². The third kappa shape index (κ3) is 11.8. The molecule has 0 spiro atoms. The van der Waals surface area contributed by atoms with Gasteiger partial charge in [0.25, 0.3) is 0 Å². The highest BCUT2D eigenvalue weighted by atomic mass is 32.2. The standard InChI is InChI=1S/C11H22O5S/c1-2-3-6-15-7-8-16-11(13)10-17(14)9-4-5-12/h12H,2-10H2,1H3. The van der Waals surface area contributed by atoms with Crippen molar-refractivity contribution in [1.29, 1.82) is 0 Å². The molecule has 0 saturated carbocycles. The van der Waals surface area contributed by atoms with Gasteiger partial charge in [0.15, 0.2) is 0 Å². The van der Waals surface area contributed by atoms with Gasteiger partial charge in [-0.25, -0.2) is 0 Å². The van der Waals surface area contributed by atoms with Crippen molar-refractivity contribution in [2.45, 2.75) is 26.2 Å². The van der Waals surface area contributed by atoms with Crippen LogP contribution in [0.25, 0.3) is 0 Å². The number of rotatable bonds is 11. The lowest BCUT2D eigenvalue weighted by Crippen LogP contribution is -2.18. The molecule has 0 saturated heterocycles. The van der Waals surface area contributed by atoms with E-state index in [0.29, 0.717) is 25.4 Å². The zero-order valence-corrected chi connectivity index (χ0v) is 11.2. The van der Waals surface area contributed by atoms with Crippen molar-refractivity contribution in [2.75, 3.05) is 37.9 Å². The highest BCUT2D eigenvalue weighted by molar-refractivity contribution is 7.85. The molecule has 1 unspecified atom stereocenters. The lowest BCUT2D eigenvalue weighted by atomic mass is 10.4. The molecule has 0 aliphatic rings. The largest absolute Gasteiger partial charge is 0.463 e. The van der Waals surface area contributed by atoms with Crippen LogP contribution in [-0.2, 0) is 25.1 Å². The summed E-state index contributed by atoms with van der Waals surface area (Å²) in [4.78, 5) is 11.2. The Balaban J connectivity index is 3.36. The number of unbranched alkanes of at least 4 members (excludes halogenated alkanes) is 1. The van der Waals surface area contributed by atoms with Gasteiger partial charge in [0.2, 0.25) is 0 Å². The molecule has 0 amide bonds. The summed E-state index contributed by atoms with van der Waals surface area (Å²) in [6, 6.07) is 0. The molecule has 102 valence electrons. The second-order valence-corrected chi connectivity index (χ2v) is 5.13. The molecule has 5 nitrogen and oxygen atoms in total. The van der Waals surface area contributed by atoms with Crippen LogP contribution in [0.5, 0.6) is 0 Å². The average molecular weight is 266 g/mol. The summed E-state index contributed by atoms with van der Waals surface area (Å²) in [5.74, 6) is -0.242. The van der Waals surface area contributed by atoms with Crippen LogP contribution in [0.4, 0.5) is 0 Å². The molecule has 6 heteroatoms. The molecule has 0 aliphatic carbocycles. The fourth-order valence-corrected chi connectivity index (χ4v) is 1.98. The Kier molecular flexibility index (Phi) is 11.7. The Morgan fingerprint density at radius 2 is 2.00 bits per heavy atom. The molecule has 0 heterocycles. The minimum Gasteiger partial charge on any atom is -0.463 e. The molecule has 0 bridgehead atoms. The molecule has 0 fully saturated rings. The van der Waals surface area contributed by atoms with Crippen LogP contribution in [0.15, 0.2) is 0 Å². The minimum atomic E-state index is -1.24. The minimum absolute atomic E-state index is 0.00788. The van der Waals surface area contributed by atoms with Gasteiger partial charge in [0, 0.05) is 29.8 Å². The Morgan fingerprint density at radius 3 is 2.65 bits per heavy atom. The van der Waals surface area contributed by atoms with E-state index in [4.69, 9.17) is 14.6 Å². The Bertz CT molecular complexity index is 220. The summed E-state index contributed by atoms with van der Waals surface area (Å²) in [6.45, 7) is 3.34. The first kappa shape index (κ1) is 16.5. The first-order valence-electron chi connectivity index (χ1n) is 5.90. The van der Waals surface area contributed by atoms with E-state index >= 15 is 0 Å². The fourth-order valence-electron chi connectivity index (χ4n) is 1.03. The summed E-state index contributed by atoms with van der Waals surface area (Å²) in [5.41, 5.74) is 0. The zero-order valence-electron chi connectivity index (χ0n) is 10.4. The van der Waals surface area contributed by atoms with E-state index in [-0.39, 0.29) is 19.0 Å². The van der Waals surface area contributed by atoms with Crippen LogP contribution in [0.2, 0.25) is 0 Å². The molecular weight excluding hydrogens is 244 g/mol. The van der Waals surface area contributed by atoms with Crippen molar-refractivity contribution in [3.63, 3.8) is 0 Å². The smallest absolute Gasteiger partial charge is 0.318 e. The quantitative estimate of drug-likeness (QED) is 0.435. The number of aliphatic hydroxyl groups is 1. The van der Waals surface area contributed by atoms with E-state index in [1.165, 1.54) is 0 Å². The topological polar surface area (TPSA) is 72.8 Å². The monoisotopic (exact) mass is 266 g/mol. The summed E-state index contributed by atoms with van der Waals surface area (Å²) >= 11 is 0. The van der Waals surface area contributed by atoms with E-state index < -0.39 is 16.8 Å². The fraction of sp³-hybridized carbons (Fsp3) is 0.909. The van der Waals surface area contributed by atoms with Crippen molar-refractivity contribution in [3.8, 4) is 0 Å². The number of hydrogen-bond acceptors (Lipinski definition) is 5. The van der Waals surface area contributed by atoms with E-state index in [1.807, 2.05) is 0 Å². The van der Waals surface area contributed by atoms with Gasteiger partial charge < -0.3 is 14.6 Å². The van der Waals surface area contributed by atoms with Crippen LogP contribution in [0.1, 0.15) is 26.2 Å². The second-order valence-electron chi connectivity index (χ2n) is 3.55. The molecule has 17 heavy (non-hydrogen) atoms. The van der Waals surface area contributed by atoms with Crippen molar-refractivity contribution in [2.24, 2.45) is 0 Å². The summed E-state index contributed by atoms with van der Waals surface area (Å²) in [5, 5.41) is 8.53. The first-order valence-corrected chi connectivity index (χ1v) is 7.38. The van der Waals surface area contributed by atoms with Crippen molar-refractivity contribution in [1.82, 2.24) is 0 Å². The van der Waals surface area contributed by atoms with E-state index in [9.17, 15) is 9.00 Å². The van der Waals surface area contributed by atoms with Gasteiger partial charge in [0.05, 0.1) is 6.61 Å². The van der Waals surface area contributed by atoms with E-state index in [1.54, 1.807) is 0 Å². The van der Waals surface area contributed by atoms with Gasteiger partial charge >= 0.3 is 5.97 Å². The molecule has 1 N–H and O–H groups in total. The molecular formula is C11H22O5S. The van der Waals surface area contributed by atoms with Gasteiger partial charge in [-0.1, -0.05) is 13.3 Å². The van der Waals surface area contributed by atoms with E-state index in [2.05, 4.69) is 6.92 Å². The number of carbonyl (C=O) groups is 1. The number of ether oxygens (including phenoxy) is 2. The normalized spacial score (nSPS) is 12.4. The van der Waals surface area contributed by atoms with Gasteiger partial charge in [-0.05, 0) is 12.8 Å². The lowest BCUT2D eigenvalue weighted by molar-refractivity contribution is -0.142. The SMILES string of the molecule is CCCCOCCOC(=O)CS(=O)CCCO. The van der Waals surface area contributed by atoms with Crippen LogP contribution >= 0.6 is 0 Å². The van der Waals surface area contributed by atoms with E-state index in [0.717, 1.165) is 12.8 Å². The van der Waals surface area contributed by atoms with Crippen LogP contribution in [0, 0.1) is 0 Å². The molecule has 0 aliphatic heterocycles. The Hall–Kier alpha value is -0.460. The third-order valence-corrected chi connectivity index (χ3v) is 3.24. The first-order chi connectivity index (χ1) is 8.20. The van der Waals surface area contributed by atoms with Crippen molar-refractivity contribution >= 4 is 16.8 Å². The molecule has 1 atom stereocenters. The molecule has 0 rings (SSSR count). The van der Waals surface area contributed by atoms with Crippen molar-refractivity contribution in [3.05, 3.63) is 0 Å². The van der Waals surface area contributed by atoms with Crippen LogP contribution in [-0.4, -0.2) is 53.2 Å². The molecule has 0 aromatic rings. The van der Waals surface area contributed by atoms with Gasteiger partial charge in [-0.15, -0.1) is 0 Å². The highest BCUT2D eigenvalue weighted by Crippen LogP contribution is 1.91. The zero-order chi connectivity index (χ0) is 12.9. The average Bonchev–Trinajstić information content (AvgIpc) is 2.31. The summed E-state index contributed by atoms with van der Waals surface area (Å²) in [6.07, 6.45) is 2.52. The number of hydrogen-bond donors (Lipinski definition) is 1. The predicted octanol–water partition coefficient (Wildman–Crippen LogP) is 0.477. The highest BCUT2D eigenvalue weighted by Gasteiger charge is 2.08. The second kappa shape index (κ2) is 12.0. The number of aliphatic hydroxyl groups excluding tert-OH is 1. The maximum Gasteiger partial charge on any atom is 0.318 e. The van der Waals surface area contributed by atoms with Gasteiger partial charge in [0.1, 0.15) is 12.4 Å². The molecule has 0 aromatic heterocycles. The summed E-state index contributed by atoms with van der Waals surface area (Å²) < 4.78 is 21.3. The number of carbonyl (C=O) groups excluding carboxylic acids is 1. The third-order valence-electron chi connectivity index (χ3n) is 1.94. The predicted molar refractivity (Wildman–Crippen MR) is 66.3 cm³/mol. The Labute approximate surface area is 105 Å². The van der Waals surface area contributed by atoms with Crippen molar-refractivity contribution < 1.29 is 23.6 Å². The molecule has 0 radical (unpaired) electrons. The number of esters is 1. The van der Waals surface area contributed by atoms with Crippen LogP contribution in [0.3, 0.4) is 0 Å². The van der Waals surface area contributed by atoms with Crippen LogP contribution < -0.4 is 0 Å². The Morgan fingerprint density at radius 1 is 1.24 bits per heavy atom. The maximum absolute atomic E-state index is 11.3. The molecule has 0 aromatic carbocycles. The maximum atomic E-state index is 11.3. The lowest BCUT2D eigenvalue weighted by Gasteiger charge is -2.05. The van der Waals surface area contributed by atoms with Gasteiger partial charge in [-0.2, -0.15) is 0 Å². The summed E-state index contributed by atoms with van der Waals surface area (Å²) in [7, 11) is -1.24.